The minimum Gasteiger partial charge on any atom is -0.372 e. The minimum atomic E-state index is -0.414. The average molecular weight is 282 g/mol. The molecule has 110 valence electrons. The summed E-state index contributed by atoms with van der Waals surface area (Å²) in [6.07, 6.45) is 0. The molecule has 2 amide bonds. The third kappa shape index (κ3) is 5.36. The third-order valence-electron chi connectivity index (χ3n) is 2.60. The molecule has 0 heterocycles. The summed E-state index contributed by atoms with van der Waals surface area (Å²) in [6, 6.07) is 4.30. The maximum absolute atomic E-state index is 13.3. The number of hydrogen-bond acceptors (Lipinski definition) is 3. The molecular formula is C14H19FN2O3. The minimum absolute atomic E-state index is 0.00756. The molecule has 0 radical (unpaired) electrons. The van der Waals surface area contributed by atoms with Crippen LogP contribution >= 0.6 is 0 Å². The summed E-state index contributed by atoms with van der Waals surface area (Å²) >= 11 is 0. The Labute approximate surface area is 117 Å². The molecule has 0 unspecified atom stereocenters. The first-order valence-corrected chi connectivity index (χ1v) is 6.43. The Bertz CT molecular complexity index is 477. The number of nitrogens with one attached hydrogen (secondary N) is 2. The van der Waals surface area contributed by atoms with Crippen LogP contribution in [0.4, 0.5) is 4.39 Å². The monoisotopic (exact) mass is 282 g/mol. The summed E-state index contributed by atoms with van der Waals surface area (Å²) < 4.78 is 18.2. The van der Waals surface area contributed by atoms with Crippen molar-refractivity contribution in [2.24, 2.45) is 0 Å². The summed E-state index contributed by atoms with van der Waals surface area (Å²) in [4.78, 5) is 22.9. The highest BCUT2D eigenvalue weighted by atomic mass is 19.1. The van der Waals surface area contributed by atoms with Crippen LogP contribution in [-0.4, -0.2) is 38.1 Å². The van der Waals surface area contributed by atoms with Crippen molar-refractivity contribution in [3.63, 3.8) is 0 Å². The second-order valence-corrected chi connectivity index (χ2v) is 4.21. The Morgan fingerprint density at radius 1 is 1.25 bits per heavy atom. The predicted molar refractivity (Wildman–Crippen MR) is 73.0 cm³/mol. The van der Waals surface area contributed by atoms with Gasteiger partial charge in [0.1, 0.15) is 12.4 Å². The largest absolute Gasteiger partial charge is 0.372 e. The molecule has 0 saturated heterocycles. The summed E-state index contributed by atoms with van der Waals surface area (Å²) in [5, 5.41) is 5.19. The average Bonchev–Trinajstić information content (AvgIpc) is 2.44. The van der Waals surface area contributed by atoms with Crippen LogP contribution in [0, 0.1) is 12.7 Å². The van der Waals surface area contributed by atoms with Crippen LogP contribution in [0.25, 0.3) is 0 Å². The van der Waals surface area contributed by atoms with Crippen molar-refractivity contribution in [1.29, 1.82) is 0 Å². The molecule has 0 aliphatic carbocycles. The van der Waals surface area contributed by atoms with E-state index in [9.17, 15) is 14.0 Å². The molecule has 2 N–H and O–H groups in total. The summed E-state index contributed by atoms with van der Waals surface area (Å²) in [5.41, 5.74) is 0.749. The van der Waals surface area contributed by atoms with E-state index in [-0.39, 0.29) is 30.5 Å². The number of carbonyl (C=O) groups excluding carboxylic acids is 2. The number of benzene rings is 1. The van der Waals surface area contributed by atoms with Crippen LogP contribution in [0.2, 0.25) is 0 Å². The van der Waals surface area contributed by atoms with Gasteiger partial charge in [0.2, 0.25) is 5.91 Å². The lowest BCUT2D eigenvalue weighted by Crippen LogP contribution is -2.36. The van der Waals surface area contributed by atoms with E-state index in [1.54, 1.807) is 26.0 Å². The maximum atomic E-state index is 13.3. The quantitative estimate of drug-likeness (QED) is 0.734. The molecule has 0 aromatic heterocycles. The highest BCUT2D eigenvalue weighted by Gasteiger charge is 2.07. The molecule has 1 aromatic rings. The first kappa shape index (κ1) is 16.1. The molecule has 1 aromatic carbocycles. The van der Waals surface area contributed by atoms with E-state index >= 15 is 0 Å². The van der Waals surface area contributed by atoms with Gasteiger partial charge in [0, 0.05) is 25.3 Å². The van der Waals surface area contributed by atoms with Gasteiger partial charge in [-0.05, 0) is 31.5 Å². The Morgan fingerprint density at radius 2 is 1.95 bits per heavy atom. The van der Waals surface area contributed by atoms with E-state index in [2.05, 4.69) is 10.6 Å². The molecule has 0 aliphatic rings. The molecule has 6 heteroatoms. The highest BCUT2D eigenvalue weighted by Crippen LogP contribution is 2.08. The van der Waals surface area contributed by atoms with Crippen molar-refractivity contribution < 1.29 is 18.7 Å². The van der Waals surface area contributed by atoms with E-state index in [1.807, 2.05) is 0 Å². The van der Waals surface area contributed by atoms with E-state index in [0.717, 1.165) is 0 Å². The van der Waals surface area contributed by atoms with E-state index < -0.39 is 5.82 Å². The van der Waals surface area contributed by atoms with E-state index in [4.69, 9.17) is 4.74 Å². The third-order valence-corrected chi connectivity index (χ3v) is 2.60. The van der Waals surface area contributed by atoms with Crippen molar-refractivity contribution in [1.82, 2.24) is 10.6 Å². The molecule has 0 bridgehead atoms. The lowest BCUT2D eigenvalue weighted by molar-refractivity contribution is -0.125. The number of halogens is 1. The van der Waals surface area contributed by atoms with Crippen molar-refractivity contribution in [2.45, 2.75) is 13.8 Å². The normalized spacial score (nSPS) is 10.2. The van der Waals surface area contributed by atoms with E-state index in [1.165, 1.54) is 6.07 Å². The van der Waals surface area contributed by atoms with Gasteiger partial charge in [0.25, 0.3) is 5.91 Å². The fraction of sp³-hybridized carbons (Fsp3) is 0.429. The second kappa shape index (κ2) is 8.27. The molecule has 0 atom stereocenters. The molecule has 0 spiro atoms. The van der Waals surface area contributed by atoms with Gasteiger partial charge >= 0.3 is 0 Å². The fourth-order valence-corrected chi connectivity index (χ4v) is 1.46. The second-order valence-electron chi connectivity index (χ2n) is 4.21. The van der Waals surface area contributed by atoms with Crippen LogP contribution in [0.15, 0.2) is 18.2 Å². The van der Waals surface area contributed by atoms with Crippen LogP contribution in [0.3, 0.4) is 0 Å². The molecular weight excluding hydrogens is 263 g/mol. The van der Waals surface area contributed by atoms with Gasteiger partial charge in [-0.25, -0.2) is 4.39 Å². The van der Waals surface area contributed by atoms with Gasteiger partial charge in [-0.15, -0.1) is 0 Å². The Hall–Kier alpha value is -1.95. The fourth-order valence-electron chi connectivity index (χ4n) is 1.46. The SMILES string of the molecule is CCOCC(=O)NCCNC(=O)c1ccc(C)c(F)c1. The molecule has 1 rings (SSSR count). The van der Waals surface area contributed by atoms with Crippen molar-refractivity contribution in [3.05, 3.63) is 35.1 Å². The van der Waals surface area contributed by atoms with Gasteiger partial charge < -0.3 is 15.4 Å². The Morgan fingerprint density at radius 3 is 2.60 bits per heavy atom. The number of hydrogen-bond donors (Lipinski definition) is 2. The van der Waals surface area contributed by atoms with Crippen LogP contribution < -0.4 is 10.6 Å². The molecule has 0 fully saturated rings. The van der Waals surface area contributed by atoms with Gasteiger partial charge in [0.15, 0.2) is 0 Å². The topological polar surface area (TPSA) is 67.4 Å². The van der Waals surface area contributed by atoms with Crippen LogP contribution in [0.1, 0.15) is 22.8 Å². The van der Waals surface area contributed by atoms with Crippen LogP contribution in [0.5, 0.6) is 0 Å². The number of amides is 2. The van der Waals surface area contributed by atoms with Crippen molar-refractivity contribution >= 4 is 11.8 Å². The number of ether oxygens (including phenoxy) is 1. The lowest BCUT2D eigenvalue weighted by Gasteiger charge is -2.07. The molecule has 0 aliphatic heterocycles. The molecule has 20 heavy (non-hydrogen) atoms. The lowest BCUT2D eigenvalue weighted by atomic mass is 10.1. The zero-order chi connectivity index (χ0) is 15.0. The van der Waals surface area contributed by atoms with Crippen molar-refractivity contribution in [3.8, 4) is 0 Å². The molecule has 0 saturated carbocycles. The summed E-state index contributed by atoms with van der Waals surface area (Å²) in [7, 11) is 0. The van der Waals surface area contributed by atoms with Gasteiger partial charge in [-0.3, -0.25) is 9.59 Å². The zero-order valence-corrected chi connectivity index (χ0v) is 11.7. The summed E-state index contributed by atoms with van der Waals surface area (Å²) in [5.74, 6) is -1.02. The predicted octanol–water partition coefficient (Wildman–Crippen LogP) is 1.02. The summed E-state index contributed by atoms with van der Waals surface area (Å²) in [6.45, 7) is 4.48. The van der Waals surface area contributed by atoms with Gasteiger partial charge in [-0.2, -0.15) is 0 Å². The zero-order valence-electron chi connectivity index (χ0n) is 11.7. The van der Waals surface area contributed by atoms with Gasteiger partial charge in [0.05, 0.1) is 0 Å². The first-order chi connectivity index (χ1) is 9.54. The van der Waals surface area contributed by atoms with Gasteiger partial charge in [-0.1, -0.05) is 6.07 Å². The van der Waals surface area contributed by atoms with E-state index in [0.29, 0.717) is 18.7 Å². The first-order valence-electron chi connectivity index (χ1n) is 6.43. The highest BCUT2D eigenvalue weighted by molar-refractivity contribution is 5.94. The maximum Gasteiger partial charge on any atom is 0.251 e. The van der Waals surface area contributed by atoms with Crippen LogP contribution in [-0.2, 0) is 9.53 Å². The molecule has 5 nitrogen and oxygen atoms in total. The smallest absolute Gasteiger partial charge is 0.251 e. The standard InChI is InChI=1S/C14H19FN2O3/c1-3-20-9-13(18)16-6-7-17-14(19)11-5-4-10(2)12(15)8-11/h4-5,8H,3,6-7,9H2,1-2H3,(H,16,18)(H,17,19). The Kier molecular flexibility index (Phi) is 6.66. The number of rotatable bonds is 7. The Balaban J connectivity index is 2.29. The number of carbonyl (C=O) groups is 2. The number of aryl methyl sites for hydroxylation is 1. The van der Waals surface area contributed by atoms with Crippen molar-refractivity contribution in [2.75, 3.05) is 26.3 Å².